The number of benzene rings is 1. The zero-order chi connectivity index (χ0) is 21.8. The maximum atomic E-state index is 13.7. The van der Waals surface area contributed by atoms with Crippen LogP contribution in [0.4, 0.5) is 5.69 Å². The quantitative estimate of drug-likeness (QED) is 0.459. The van der Waals surface area contributed by atoms with Gasteiger partial charge >= 0.3 is 0 Å². The predicted molar refractivity (Wildman–Crippen MR) is 126 cm³/mol. The third-order valence-electron chi connectivity index (χ3n) is 5.38. The van der Waals surface area contributed by atoms with E-state index in [2.05, 4.69) is 53.6 Å². The van der Waals surface area contributed by atoms with E-state index in [0.29, 0.717) is 12.1 Å². The Morgan fingerprint density at radius 2 is 1.90 bits per heavy atom. The molecule has 0 saturated carbocycles. The Balaban J connectivity index is 2.00. The molecule has 0 unspecified atom stereocenters. The summed E-state index contributed by atoms with van der Waals surface area (Å²) in [6.45, 7) is 13.7. The number of aromatic nitrogens is 3. The molecular weight excluding hydrogens is 442 g/mol. The third-order valence-corrected chi connectivity index (χ3v) is 5.87. The van der Waals surface area contributed by atoms with Crippen LogP contribution in [-0.4, -0.2) is 51.8 Å². The van der Waals surface area contributed by atoms with Crippen molar-refractivity contribution in [1.29, 1.82) is 0 Å². The van der Waals surface area contributed by atoms with Gasteiger partial charge in [0.1, 0.15) is 0 Å². The molecule has 30 heavy (non-hydrogen) atoms. The standard InChI is InChI=1S/C23H30BrN5O/c1-6-27(7-2)11-12-28(20-10-8-9-19(24)14-20)23(30)21-13-18-15-25-29(16(3)4)22(18)26-17(21)5/h8-10,13-16H,6-7,11-12H2,1-5H3. The second-order valence-corrected chi connectivity index (χ2v) is 8.60. The minimum Gasteiger partial charge on any atom is -0.307 e. The molecule has 0 spiro atoms. The lowest BCUT2D eigenvalue weighted by molar-refractivity contribution is 0.0983. The lowest BCUT2D eigenvalue weighted by Crippen LogP contribution is -2.39. The lowest BCUT2D eigenvalue weighted by Gasteiger charge is -2.27. The van der Waals surface area contributed by atoms with Gasteiger partial charge < -0.3 is 9.80 Å². The molecule has 0 radical (unpaired) electrons. The molecule has 0 aliphatic carbocycles. The molecule has 6 nitrogen and oxygen atoms in total. The fourth-order valence-electron chi connectivity index (χ4n) is 3.58. The molecule has 0 aliphatic heterocycles. The normalized spacial score (nSPS) is 11.6. The van der Waals surface area contributed by atoms with E-state index in [-0.39, 0.29) is 11.9 Å². The first-order valence-electron chi connectivity index (χ1n) is 10.5. The van der Waals surface area contributed by atoms with Crippen molar-refractivity contribution in [1.82, 2.24) is 19.7 Å². The van der Waals surface area contributed by atoms with Crippen LogP contribution in [0.5, 0.6) is 0 Å². The zero-order valence-electron chi connectivity index (χ0n) is 18.4. The molecule has 0 N–H and O–H groups in total. The summed E-state index contributed by atoms with van der Waals surface area (Å²) >= 11 is 3.53. The molecule has 0 bridgehead atoms. The van der Waals surface area contributed by atoms with Crippen LogP contribution in [0.25, 0.3) is 11.0 Å². The van der Waals surface area contributed by atoms with Gasteiger partial charge in [0.25, 0.3) is 5.91 Å². The highest BCUT2D eigenvalue weighted by atomic mass is 79.9. The summed E-state index contributed by atoms with van der Waals surface area (Å²) in [4.78, 5) is 22.6. The SMILES string of the molecule is CCN(CC)CCN(C(=O)c1cc2cnn(C(C)C)c2nc1C)c1cccc(Br)c1. The summed E-state index contributed by atoms with van der Waals surface area (Å²) in [6, 6.07) is 10.0. The summed E-state index contributed by atoms with van der Waals surface area (Å²) < 4.78 is 2.84. The maximum Gasteiger partial charge on any atom is 0.260 e. The summed E-state index contributed by atoms with van der Waals surface area (Å²) in [5.41, 5.74) is 3.03. The molecule has 1 aromatic carbocycles. The fraction of sp³-hybridized carbons (Fsp3) is 0.435. The molecule has 7 heteroatoms. The van der Waals surface area contributed by atoms with Gasteiger partial charge in [-0.3, -0.25) is 4.79 Å². The highest BCUT2D eigenvalue weighted by Crippen LogP contribution is 2.25. The predicted octanol–water partition coefficient (Wildman–Crippen LogP) is 5.07. The number of hydrogen-bond acceptors (Lipinski definition) is 4. The Labute approximate surface area is 187 Å². The number of amides is 1. The van der Waals surface area contributed by atoms with E-state index < -0.39 is 0 Å². The first-order chi connectivity index (χ1) is 14.3. The van der Waals surface area contributed by atoms with Crippen LogP contribution in [0.2, 0.25) is 0 Å². The third kappa shape index (κ3) is 4.73. The van der Waals surface area contributed by atoms with E-state index in [1.54, 1.807) is 6.20 Å². The first-order valence-corrected chi connectivity index (χ1v) is 11.3. The number of pyridine rings is 1. The number of fused-ring (bicyclic) bond motifs is 1. The number of carbonyl (C=O) groups excluding carboxylic acids is 1. The van der Waals surface area contributed by atoms with Gasteiger partial charge in [-0.1, -0.05) is 35.8 Å². The van der Waals surface area contributed by atoms with E-state index in [9.17, 15) is 4.79 Å². The molecule has 0 aliphatic rings. The van der Waals surface area contributed by atoms with Crippen molar-refractivity contribution in [3.8, 4) is 0 Å². The molecule has 0 atom stereocenters. The van der Waals surface area contributed by atoms with Crippen molar-refractivity contribution in [2.45, 2.75) is 40.7 Å². The second kappa shape index (κ2) is 9.71. The Bertz CT molecular complexity index is 1030. The number of carbonyl (C=O) groups is 1. The molecule has 0 fully saturated rings. The average molecular weight is 472 g/mol. The summed E-state index contributed by atoms with van der Waals surface area (Å²) in [6.07, 6.45) is 1.79. The van der Waals surface area contributed by atoms with Gasteiger partial charge in [-0.2, -0.15) is 5.10 Å². The number of halogens is 1. The fourth-order valence-corrected chi connectivity index (χ4v) is 3.97. The highest BCUT2D eigenvalue weighted by molar-refractivity contribution is 9.10. The van der Waals surface area contributed by atoms with Crippen LogP contribution in [-0.2, 0) is 0 Å². The smallest absolute Gasteiger partial charge is 0.260 e. The number of hydrogen-bond donors (Lipinski definition) is 0. The molecule has 3 rings (SSSR count). The Hall–Kier alpha value is -2.25. The molecular formula is C23H30BrN5O. The number of nitrogens with zero attached hydrogens (tertiary/aromatic N) is 5. The Morgan fingerprint density at radius 3 is 2.53 bits per heavy atom. The van der Waals surface area contributed by atoms with E-state index in [4.69, 9.17) is 4.98 Å². The number of aryl methyl sites for hydroxylation is 1. The Morgan fingerprint density at radius 1 is 1.17 bits per heavy atom. The zero-order valence-corrected chi connectivity index (χ0v) is 20.0. The maximum absolute atomic E-state index is 13.7. The van der Waals surface area contributed by atoms with Crippen LogP contribution >= 0.6 is 15.9 Å². The van der Waals surface area contributed by atoms with E-state index in [1.165, 1.54) is 0 Å². The van der Waals surface area contributed by atoms with E-state index in [0.717, 1.165) is 46.5 Å². The van der Waals surface area contributed by atoms with Crippen molar-refractivity contribution < 1.29 is 4.79 Å². The molecule has 1 amide bonds. The molecule has 3 aromatic rings. The topological polar surface area (TPSA) is 54.3 Å². The summed E-state index contributed by atoms with van der Waals surface area (Å²) in [5.74, 6) is -0.0375. The molecule has 160 valence electrons. The van der Waals surface area contributed by atoms with Crippen LogP contribution < -0.4 is 4.90 Å². The number of likely N-dealkylation sites (N-methyl/N-ethyl adjacent to an activating group) is 1. The van der Waals surface area contributed by atoms with Crippen LogP contribution in [0.3, 0.4) is 0 Å². The number of anilines is 1. The highest BCUT2D eigenvalue weighted by Gasteiger charge is 2.22. The van der Waals surface area contributed by atoms with Gasteiger partial charge in [0.05, 0.1) is 17.5 Å². The molecule has 2 aromatic heterocycles. The van der Waals surface area contributed by atoms with E-state index >= 15 is 0 Å². The van der Waals surface area contributed by atoms with Gasteiger partial charge in [0.2, 0.25) is 0 Å². The van der Waals surface area contributed by atoms with Crippen LogP contribution in [0.15, 0.2) is 41.0 Å². The van der Waals surface area contributed by atoms with Gasteiger partial charge in [0, 0.05) is 34.7 Å². The molecule has 0 saturated heterocycles. The first kappa shape index (κ1) is 22.4. The van der Waals surface area contributed by atoms with Crippen molar-refractivity contribution in [3.05, 3.63) is 52.3 Å². The Kier molecular flexibility index (Phi) is 7.26. The van der Waals surface area contributed by atoms with Crippen molar-refractivity contribution in [3.63, 3.8) is 0 Å². The lowest BCUT2D eigenvalue weighted by atomic mass is 10.1. The number of rotatable bonds is 8. The van der Waals surface area contributed by atoms with Gasteiger partial charge in [-0.15, -0.1) is 0 Å². The van der Waals surface area contributed by atoms with Crippen molar-refractivity contribution in [2.75, 3.05) is 31.1 Å². The van der Waals surface area contributed by atoms with Crippen LogP contribution in [0.1, 0.15) is 49.8 Å². The van der Waals surface area contributed by atoms with E-state index in [1.807, 2.05) is 46.8 Å². The average Bonchev–Trinajstić information content (AvgIpc) is 3.13. The van der Waals surface area contributed by atoms with Gasteiger partial charge in [-0.05, 0) is 58.1 Å². The summed E-state index contributed by atoms with van der Waals surface area (Å²) in [5, 5.41) is 5.33. The monoisotopic (exact) mass is 471 g/mol. The van der Waals surface area contributed by atoms with Crippen molar-refractivity contribution in [2.24, 2.45) is 0 Å². The van der Waals surface area contributed by atoms with Crippen LogP contribution in [0, 0.1) is 6.92 Å². The minimum atomic E-state index is -0.0375. The molecule has 2 heterocycles. The minimum absolute atomic E-state index is 0.0375. The van der Waals surface area contributed by atoms with Gasteiger partial charge in [0.15, 0.2) is 5.65 Å². The van der Waals surface area contributed by atoms with Crippen molar-refractivity contribution >= 4 is 38.6 Å². The second-order valence-electron chi connectivity index (χ2n) is 7.68. The largest absolute Gasteiger partial charge is 0.307 e. The summed E-state index contributed by atoms with van der Waals surface area (Å²) in [7, 11) is 0. The van der Waals surface area contributed by atoms with Gasteiger partial charge in [-0.25, -0.2) is 9.67 Å².